The van der Waals surface area contributed by atoms with Crippen LogP contribution in [0.5, 0.6) is 0 Å². The van der Waals surface area contributed by atoms with E-state index in [-0.39, 0.29) is 5.02 Å². The summed E-state index contributed by atoms with van der Waals surface area (Å²) in [5.74, 6) is 0. The summed E-state index contributed by atoms with van der Waals surface area (Å²) in [6.07, 6.45) is 0. The lowest BCUT2D eigenvalue weighted by molar-refractivity contribution is 0.366. The van der Waals surface area contributed by atoms with Crippen LogP contribution in [0, 0.1) is 6.92 Å². The molecule has 1 N–H and O–H groups in total. The van der Waals surface area contributed by atoms with Crippen molar-refractivity contribution in [3.05, 3.63) is 68.0 Å². The summed E-state index contributed by atoms with van der Waals surface area (Å²) in [6.45, 7) is 6.91. The highest BCUT2D eigenvalue weighted by molar-refractivity contribution is 6.30. The van der Waals surface area contributed by atoms with Crippen molar-refractivity contribution in [3.63, 3.8) is 0 Å². The lowest BCUT2D eigenvalue weighted by atomic mass is 10.1. The quantitative estimate of drug-likeness (QED) is 0.812. The zero-order valence-corrected chi connectivity index (χ0v) is 12.9. The van der Waals surface area contributed by atoms with Gasteiger partial charge in [-0.1, -0.05) is 48.0 Å². The van der Waals surface area contributed by atoms with Gasteiger partial charge in [0.25, 0.3) is 5.56 Å². The molecule has 0 bridgehead atoms. The summed E-state index contributed by atoms with van der Waals surface area (Å²) in [4.78, 5) is 25.7. The van der Waals surface area contributed by atoms with Crippen LogP contribution in [0.2, 0.25) is 5.02 Å². The molecule has 0 amide bonds. The minimum atomic E-state index is -0.567. The van der Waals surface area contributed by atoms with Gasteiger partial charge in [-0.3, -0.25) is 9.36 Å². The maximum absolute atomic E-state index is 11.7. The number of aromatic amines is 1. The Hall–Kier alpha value is -1.81. The third kappa shape index (κ3) is 4.10. The Morgan fingerprint density at radius 2 is 1.40 bits per heavy atom. The van der Waals surface area contributed by atoms with E-state index in [1.807, 2.05) is 36.4 Å². The molecular weight excluding hydrogens is 276 g/mol. The molecule has 0 spiro atoms. The minimum Gasteiger partial charge on any atom is -0.310 e. The Morgan fingerprint density at radius 3 is 1.75 bits per heavy atom. The molecule has 2 aromatic rings. The topological polar surface area (TPSA) is 54.9 Å². The van der Waals surface area contributed by atoms with Crippen LogP contribution < -0.4 is 11.2 Å². The van der Waals surface area contributed by atoms with Crippen LogP contribution in [0.4, 0.5) is 0 Å². The van der Waals surface area contributed by atoms with E-state index in [0.717, 1.165) is 4.57 Å². The molecule has 1 aromatic carbocycles. The van der Waals surface area contributed by atoms with Gasteiger partial charge < -0.3 is 4.98 Å². The van der Waals surface area contributed by atoms with Gasteiger partial charge in [-0.25, -0.2) is 4.79 Å². The average molecular weight is 295 g/mol. The zero-order chi connectivity index (χ0) is 15.3. The van der Waals surface area contributed by atoms with E-state index in [1.54, 1.807) is 27.7 Å². The van der Waals surface area contributed by atoms with E-state index in [2.05, 4.69) is 4.98 Å². The smallest absolute Gasteiger partial charge is 0.310 e. The molecule has 0 unspecified atom stereocenters. The number of H-pyrrole nitrogens is 1. The minimum absolute atomic E-state index is 0.0690. The van der Waals surface area contributed by atoms with E-state index >= 15 is 0 Å². The molecule has 0 saturated carbocycles. The first kappa shape index (κ1) is 16.2. The normalized spacial score (nSPS) is 10.7. The van der Waals surface area contributed by atoms with Crippen molar-refractivity contribution in [2.45, 2.75) is 33.2 Å². The van der Waals surface area contributed by atoms with Gasteiger partial charge in [-0.15, -0.1) is 0 Å². The summed E-state index contributed by atoms with van der Waals surface area (Å²) < 4.78 is 1.11. The SMILES string of the molecule is Cc1[nH]c(=O)n(C(C)(C)C)c(=O)c1Cl.c1ccccc1. The largest absolute Gasteiger partial charge is 0.329 e. The maximum Gasteiger partial charge on any atom is 0.329 e. The number of hydrogen-bond acceptors (Lipinski definition) is 2. The first-order valence-electron chi connectivity index (χ1n) is 6.27. The number of aryl methyl sites for hydroxylation is 1. The molecule has 4 nitrogen and oxygen atoms in total. The highest BCUT2D eigenvalue weighted by Gasteiger charge is 2.20. The summed E-state index contributed by atoms with van der Waals surface area (Å²) in [6, 6.07) is 12.0. The van der Waals surface area contributed by atoms with Crippen molar-refractivity contribution >= 4 is 11.6 Å². The Kier molecular flexibility index (Phi) is 5.34. The highest BCUT2D eigenvalue weighted by Crippen LogP contribution is 2.10. The second-order valence-corrected chi connectivity index (χ2v) is 5.71. The first-order valence-corrected chi connectivity index (χ1v) is 6.65. The molecular formula is C15H19ClN2O2. The number of nitrogens with one attached hydrogen (secondary N) is 1. The van der Waals surface area contributed by atoms with Gasteiger partial charge in [0, 0.05) is 11.2 Å². The fourth-order valence-corrected chi connectivity index (χ4v) is 1.75. The Morgan fingerprint density at radius 1 is 1.00 bits per heavy atom. The number of aromatic nitrogens is 2. The fraction of sp³-hybridized carbons (Fsp3) is 0.333. The lowest BCUT2D eigenvalue weighted by Gasteiger charge is -2.21. The second kappa shape index (κ2) is 6.57. The molecule has 1 heterocycles. The molecule has 0 aliphatic heterocycles. The number of rotatable bonds is 0. The molecule has 0 aliphatic carbocycles. The van der Waals surface area contributed by atoms with Crippen LogP contribution in [0.1, 0.15) is 26.5 Å². The van der Waals surface area contributed by atoms with Crippen molar-refractivity contribution < 1.29 is 0 Å². The van der Waals surface area contributed by atoms with E-state index < -0.39 is 16.8 Å². The first-order chi connectivity index (χ1) is 9.25. The molecule has 108 valence electrons. The van der Waals surface area contributed by atoms with Gasteiger partial charge >= 0.3 is 5.69 Å². The van der Waals surface area contributed by atoms with E-state index in [9.17, 15) is 9.59 Å². The monoisotopic (exact) mass is 294 g/mol. The van der Waals surface area contributed by atoms with Gasteiger partial charge in [0.05, 0.1) is 0 Å². The standard InChI is InChI=1S/C9H13ClN2O2.C6H6/c1-5-6(10)7(13)12(8(14)11-5)9(2,3)4;1-2-4-6-5-3-1/h1-4H3,(H,11,14);1-6H. The third-order valence-corrected chi connectivity index (χ3v) is 3.00. The van der Waals surface area contributed by atoms with Gasteiger partial charge in [0.2, 0.25) is 0 Å². The summed E-state index contributed by atoms with van der Waals surface area (Å²) in [7, 11) is 0. The van der Waals surface area contributed by atoms with Gasteiger partial charge in [0.1, 0.15) is 5.02 Å². The van der Waals surface area contributed by atoms with Crippen molar-refractivity contribution in [2.75, 3.05) is 0 Å². The van der Waals surface area contributed by atoms with Crippen LogP contribution in [-0.2, 0) is 5.54 Å². The van der Waals surface area contributed by atoms with Crippen LogP contribution in [0.25, 0.3) is 0 Å². The van der Waals surface area contributed by atoms with Gasteiger partial charge in [-0.2, -0.15) is 0 Å². The van der Waals surface area contributed by atoms with Crippen molar-refractivity contribution in [1.82, 2.24) is 9.55 Å². The Bertz CT molecular complexity index is 640. The summed E-state index contributed by atoms with van der Waals surface area (Å²) in [5, 5.41) is 0.0690. The zero-order valence-electron chi connectivity index (χ0n) is 12.1. The lowest BCUT2D eigenvalue weighted by Crippen LogP contribution is -2.45. The van der Waals surface area contributed by atoms with Crippen molar-refractivity contribution in [3.8, 4) is 0 Å². The molecule has 0 atom stereocenters. The molecule has 0 radical (unpaired) electrons. The number of hydrogen-bond donors (Lipinski definition) is 1. The molecule has 0 fully saturated rings. The van der Waals surface area contributed by atoms with Crippen molar-refractivity contribution in [1.29, 1.82) is 0 Å². The van der Waals surface area contributed by atoms with Gasteiger partial charge in [-0.05, 0) is 27.7 Å². The predicted octanol–water partition coefficient (Wildman–Crippen LogP) is 2.94. The van der Waals surface area contributed by atoms with Crippen LogP contribution in [-0.4, -0.2) is 9.55 Å². The predicted molar refractivity (Wildman–Crippen MR) is 82.5 cm³/mol. The molecule has 0 aliphatic rings. The highest BCUT2D eigenvalue weighted by atomic mass is 35.5. The fourth-order valence-electron chi connectivity index (χ4n) is 1.62. The number of benzene rings is 1. The molecule has 2 rings (SSSR count). The summed E-state index contributed by atoms with van der Waals surface area (Å²) >= 11 is 5.76. The maximum atomic E-state index is 11.7. The van der Waals surface area contributed by atoms with Gasteiger partial charge in [0.15, 0.2) is 0 Å². The van der Waals surface area contributed by atoms with E-state index in [4.69, 9.17) is 11.6 Å². The Balaban J connectivity index is 0.000000276. The molecule has 0 saturated heterocycles. The third-order valence-electron chi connectivity index (χ3n) is 2.56. The number of nitrogens with zero attached hydrogens (tertiary/aromatic N) is 1. The van der Waals surface area contributed by atoms with E-state index in [1.165, 1.54) is 0 Å². The molecule has 5 heteroatoms. The Labute approximate surface area is 123 Å². The van der Waals surface area contributed by atoms with Crippen LogP contribution in [0.15, 0.2) is 46.0 Å². The van der Waals surface area contributed by atoms with Crippen LogP contribution in [0.3, 0.4) is 0 Å². The van der Waals surface area contributed by atoms with Crippen molar-refractivity contribution in [2.24, 2.45) is 0 Å². The number of halogens is 1. The van der Waals surface area contributed by atoms with E-state index in [0.29, 0.717) is 5.69 Å². The van der Waals surface area contributed by atoms with Crippen LogP contribution >= 0.6 is 11.6 Å². The summed E-state index contributed by atoms with van der Waals surface area (Å²) in [5.41, 5.74) is -1.03. The average Bonchev–Trinajstić information content (AvgIpc) is 2.37. The molecule has 20 heavy (non-hydrogen) atoms. The second-order valence-electron chi connectivity index (χ2n) is 5.34. The molecule has 1 aromatic heterocycles.